The number of rotatable bonds is 4. The first kappa shape index (κ1) is 23.7. The Bertz CT molecular complexity index is 1440. The molecule has 176 valence electrons. The zero-order chi connectivity index (χ0) is 24.6. The van der Waals surface area contributed by atoms with Crippen LogP contribution in [0.1, 0.15) is 50.4 Å². The molecule has 2 heterocycles. The molecule has 6 nitrogen and oxygen atoms in total. The van der Waals surface area contributed by atoms with Crippen LogP contribution in [-0.2, 0) is 14.9 Å². The number of methoxy groups -OCH3 is 2. The van der Waals surface area contributed by atoms with Gasteiger partial charge in [0.1, 0.15) is 5.75 Å². The van der Waals surface area contributed by atoms with Crippen LogP contribution in [0.3, 0.4) is 0 Å². The summed E-state index contributed by atoms with van der Waals surface area (Å²) >= 11 is 1.31. The Morgan fingerprint density at radius 3 is 2.26 bits per heavy atom. The summed E-state index contributed by atoms with van der Waals surface area (Å²) in [5, 5.41) is 0. The number of ether oxygens (including phenoxy) is 2. The average molecular weight is 477 g/mol. The van der Waals surface area contributed by atoms with E-state index in [2.05, 4.69) is 37.9 Å². The van der Waals surface area contributed by atoms with Crippen molar-refractivity contribution in [2.24, 2.45) is 4.99 Å². The van der Waals surface area contributed by atoms with Gasteiger partial charge in [0, 0.05) is 0 Å². The normalized spacial score (nSPS) is 16.2. The maximum atomic E-state index is 13.6. The fourth-order valence-corrected chi connectivity index (χ4v) is 5.07. The van der Waals surface area contributed by atoms with Crippen molar-refractivity contribution in [3.05, 3.63) is 96.2 Å². The standard InChI is InChI=1S/C27H28N2O4S/c1-16-22(25(31)33-6)23(18-9-13-20(32-5)14-10-18)29-24(30)21(34-26(29)28-16)15-17-7-11-19(12-8-17)27(2,3)4/h7-15,23H,1-6H3. The van der Waals surface area contributed by atoms with E-state index in [4.69, 9.17) is 9.47 Å². The first-order chi connectivity index (χ1) is 16.1. The fraction of sp³-hybridized carbons (Fsp3) is 0.296. The zero-order valence-corrected chi connectivity index (χ0v) is 21.0. The molecule has 7 heteroatoms. The Balaban J connectivity index is 1.88. The molecular formula is C27H28N2O4S. The molecule has 1 aliphatic heterocycles. The number of fused-ring (bicyclic) bond motifs is 1. The number of hydrogen-bond donors (Lipinski definition) is 0. The second-order valence-electron chi connectivity index (χ2n) is 9.22. The largest absolute Gasteiger partial charge is 0.497 e. The number of hydrogen-bond acceptors (Lipinski definition) is 6. The van der Waals surface area contributed by atoms with E-state index in [0.717, 1.165) is 11.1 Å². The van der Waals surface area contributed by atoms with Crippen LogP contribution in [0.25, 0.3) is 6.08 Å². The number of benzene rings is 2. The topological polar surface area (TPSA) is 69.9 Å². The van der Waals surface area contributed by atoms with Gasteiger partial charge in [-0.05, 0) is 47.2 Å². The maximum absolute atomic E-state index is 13.6. The molecule has 1 aromatic heterocycles. The van der Waals surface area contributed by atoms with Gasteiger partial charge in [0.25, 0.3) is 5.56 Å². The molecule has 0 saturated heterocycles. The Kier molecular flexibility index (Phi) is 6.32. The smallest absolute Gasteiger partial charge is 0.338 e. The van der Waals surface area contributed by atoms with Crippen LogP contribution in [0.4, 0.5) is 0 Å². The van der Waals surface area contributed by atoms with Gasteiger partial charge >= 0.3 is 5.97 Å². The third-order valence-corrected chi connectivity index (χ3v) is 6.92. The van der Waals surface area contributed by atoms with Crippen LogP contribution in [0, 0.1) is 0 Å². The molecular weight excluding hydrogens is 448 g/mol. The van der Waals surface area contributed by atoms with Crippen molar-refractivity contribution in [3.8, 4) is 5.75 Å². The second kappa shape index (κ2) is 9.06. The van der Waals surface area contributed by atoms with Crippen LogP contribution < -0.4 is 19.6 Å². The van der Waals surface area contributed by atoms with Crippen molar-refractivity contribution in [1.29, 1.82) is 0 Å². The predicted octanol–water partition coefficient (Wildman–Crippen LogP) is 3.71. The van der Waals surface area contributed by atoms with Crippen molar-refractivity contribution < 1.29 is 14.3 Å². The summed E-state index contributed by atoms with van der Waals surface area (Å²) in [5.41, 5.74) is 3.68. The molecule has 0 saturated carbocycles. The average Bonchev–Trinajstić information content (AvgIpc) is 3.12. The minimum Gasteiger partial charge on any atom is -0.497 e. The molecule has 0 amide bonds. The highest BCUT2D eigenvalue weighted by Crippen LogP contribution is 2.31. The molecule has 0 spiro atoms. The van der Waals surface area contributed by atoms with Gasteiger partial charge in [-0.2, -0.15) is 0 Å². The highest BCUT2D eigenvalue weighted by atomic mass is 32.1. The molecule has 1 atom stereocenters. The number of esters is 1. The van der Waals surface area contributed by atoms with Crippen LogP contribution in [0.15, 0.2) is 69.6 Å². The third-order valence-electron chi connectivity index (χ3n) is 5.93. The van der Waals surface area contributed by atoms with E-state index < -0.39 is 12.0 Å². The summed E-state index contributed by atoms with van der Waals surface area (Å²) in [4.78, 5) is 31.5. The number of carbonyl (C=O) groups is 1. The molecule has 1 unspecified atom stereocenters. The van der Waals surface area contributed by atoms with Gasteiger partial charge in [0.05, 0.1) is 36.1 Å². The summed E-state index contributed by atoms with van der Waals surface area (Å²) in [6.45, 7) is 8.27. The quantitative estimate of drug-likeness (QED) is 0.539. The zero-order valence-electron chi connectivity index (χ0n) is 20.2. The molecule has 0 radical (unpaired) electrons. The molecule has 34 heavy (non-hydrogen) atoms. The molecule has 4 rings (SSSR count). The number of carbonyl (C=O) groups excluding carboxylic acids is 1. The molecule has 0 bridgehead atoms. The lowest BCUT2D eigenvalue weighted by Gasteiger charge is -2.24. The van der Waals surface area contributed by atoms with E-state index in [-0.39, 0.29) is 11.0 Å². The van der Waals surface area contributed by atoms with Crippen molar-refractivity contribution in [2.75, 3.05) is 14.2 Å². The van der Waals surface area contributed by atoms with E-state index in [0.29, 0.717) is 26.4 Å². The van der Waals surface area contributed by atoms with Gasteiger partial charge in [-0.1, -0.05) is 68.5 Å². The lowest BCUT2D eigenvalue weighted by Crippen LogP contribution is -2.39. The Labute approximate surface area is 202 Å². The van der Waals surface area contributed by atoms with Gasteiger partial charge < -0.3 is 9.47 Å². The van der Waals surface area contributed by atoms with Crippen LogP contribution in [0.5, 0.6) is 5.75 Å². The summed E-state index contributed by atoms with van der Waals surface area (Å²) in [6, 6.07) is 14.9. The lowest BCUT2D eigenvalue weighted by molar-refractivity contribution is -0.136. The first-order valence-electron chi connectivity index (χ1n) is 11.0. The van der Waals surface area contributed by atoms with Gasteiger partial charge in [0.15, 0.2) is 4.80 Å². The number of allylic oxidation sites excluding steroid dienone is 1. The van der Waals surface area contributed by atoms with E-state index in [9.17, 15) is 9.59 Å². The molecule has 2 aromatic carbocycles. The molecule has 3 aromatic rings. The van der Waals surface area contributed by atoms with E-state index in [1.165, 1.54) is 24.0 Å². The third kappa shape index (κ3) is 4.35. The summed E-state index contributed by atoms with van der Waals surface area (Å²) in [5.74, 6) is 0.185. The van der Waals surface area contributed by atoms with Gasteiger partial charge in [-0.25, -0.2) is 9.79 Å². The summed E-state index contributed by atoms with van der Waals surface area (Å²) < 4.78 is 12.5. The van der Waals surface area contributed by atoms with Crippen molar-refractivity contribution in [3.63, 3.8) is 0 Å². The number of thiazole rings is 1. The number of nitrogens with zero attached hydrogens (tertiary/aromatic N) is 2. The lowest BCUT2D eigenvalue weighted by atomic mass is 9.87. The second-order valence-corrected chi connectivity index (χ2v) is 10.2. The fourth-order valence-electron chi connectivity index (χ4n) is 4.02. The molecule has 1 aliphatic rings. The van der Waals surface area contributed by atoms with Crippen molar-refractivity contribution >= 4 is 23.4 Å². The van der Waals surface area contributed by atoms with Crippen LogP contribution >= 0.6 is 11.3 Å². The maximum Gasteiger partial charge on any atom is 0.338 e. The Morgan fingerprint density at radius 2 is 1.71 bits per heavy atom. The van der Waals surface area contributed by atoms with Crippen LogP contribution in [0.2, 0.25) is 0 Å². The predicted molar refractivity (Wildman–Crippen MR) is 134 cm³/mol. The molecule has 0 N–H and O–H groups in total. The monoisotopic (exact) mass is 476 g/mol. The number of aromatic nitrogens is 1. The van der Waals surface area contributed by atoms with Crippen molar-refractivity contribution in [1.82, 2.24) is 4.57 Å². The first-order valence-corrected chi connectivity index (χ1v) is 11.8. The van der Waals surface area contributed by atoms with E-state index in [1.807, 2.05) is 42.5 Å². The van der Waals surface area contributed by atoms with E-state index in [1.54, 1.807) is 18.6 Å². The van der Waals surface area contributed by atoms with Crippen LogP contribution in [-0.4, -0.2) is 24.8 Å². The summed E-state index contributed by atoms with van der Waals surface area (Å²) in [6.07, 6.45) is 1.87. The highest BCUT2D eigenvalue weighted by Gasteiger charge is 2.33. The highest BCUT2D eigenvalue weighted by molar-refractivity contribution is 7.07. The molecule has 0 aliphatic carbocycles. The van der Waals surface area contributed by atoms with Gasteiger partial charge in [0.2, 0.25) is 0 Å². The van der Waals surface area contributed by atoms with Gasteiger partial charge in [-0.3, -0.25) is 9.36 Å². The van der Waals surface area contributed by atoms with Gasteiger partial charge in [-0.15, -0.1) is 0 Å². The Hall–Kier alpha value is -3.45. The van der Waals surface area contributed by atoms with Crippen molar-refractivity contribution in [2.45, 2.75) is 39.2 Å². The summed E-state index contributed by atoms with van der Waals surface area (Å²) in [7, 11) is 2.93. The Morgan fingerprint density at radius 1 is 1.06 bits per heavy atom. The van der Waals surface area contributed by atoms with E-state index >= 15 is 0 Å². The SMILES string of the molecule is COC(=O)C1=C(C)N=c2sc(=Cc3ccc(C(C)(C)C)cc3)c(=O)n2C1c1ccc(OC)cc1. The minimum atomic E-state index is -0.639. The minimum absolute atomic E-state index is 0.0536. The molecule has 0 fully saturated rings.